The summed E-state index contributed by atoms with van der Waals surface area (Å²) in [6.07, 6.45) is 0.136. The lowest BCUT2D eigenvalue weighted by atomic mass is 10.1. The lowest BCUT2D eigenvalue weighted by Gasteiger charge is -2.17. The van der Waals surface area contributed by atoms with Gasteiger partial charge in [-0.15, -0.1) is 0 Å². The van der Waals surface area contributed by atoms with Crippen molar-refractivity contribution in [3.8, 4) is 5.75 Å². The molecule has 2 aromatic carbocycles. The Hall–Kier alpha value is -2.91. The summed E-state index contributed by atoms with van der Waals surface area (Å²) in [6, 6.07) is 13.6. The molecule has 1 fully saturated rings. The number of nitrogens with one attached hydrogen (secondary N) is 2. The molecule has 9 heteroatoms. The largest absolute Gasteiger partial charge is 0.497 e. The number of hydrogen-bond acceptors (Lipinski definition) is 5. The van der Waals surface area contributed by atoms with Gasteiger partial charge in [0.2, 0.25) is 21.8 Å². The zero-order valence-corrected chi connectivity index (χ0v) is 17.7. The normalized spacial score (nSPS) is 16.5. The van der Waals surface area contributed by atoms with Gasteiger partial charge in [0.15, 0.2) is 0 Å². The molecule has 1 atom stereocenters. The summed E-state index contributed by atoms with van der Waals surface area (Å²) in [5.74, 6) is -0.259. The average Bonchev–Trinajstić information content (AvgIpc) is 3.13. The molecular weight excluding hydrogens is 406 g/mol. The number of sulfonamides is 1. The van der Waals surface area contributed by atoms with E-state index in [1.807, 2.05) is 31.2 Å². The molecule has 3 rings (SSSR count). The van der Waals surface area contributed by atoms with Crippen molar-refractivity contribution in [2.75, 3.05) is 31.6 Å². The van der Waals surface area contributed by atoms with Gasteiger partial charge >= 0.3 is 0 Å². The van der Waals surface area contributed by atoms with Gasteiger partial charge in [-0.25, -0.2) is 13.1 Å². The molecule has 2 amide bonds. The second kappa shape index (κ2) is 9.27. The number of carbonyl (C=O) groups is 2. The standard InChI is InChI=1S/C21H25N3O5S/c1-15-3-5-17(6-4-15)24-14-16(13-20(24)25)21(26)22-11-12-23-30(27,28)19-9-7-18(29-2)8-10-19/h3-10,16,23H,11-14H2,1-2H3,(H,22,26). The Morgan fingerprint density at radius 2 is 1.77 bits per heavy atom. The van der Waals surface area contributed by atoms with Crippen LogP contribution in [0.5, 0.6) is 5.75 Å². The quantitative estimate of drug-likeness (QED) is 0.616. The smallest absolute Gasteiger partial charge is 0.240 e. The van der Waals surface area contributed by atoms with Gasteiger partial charge in [-0.1, -0.05) is 17.7 Å². The molecule has 1 aliphatic rings. The average molecular weight is 432 g/mol. The third kappa shape index (κ3) is 5.17. The summed E-state index contributed by atoms with van der Waals surface area (Å²) in [5.41, 5.74) is 1.87. The summed E-state index contributed by atoms with van der Waals surface area (Å²) < 4.78 is 32.0. The van der Waals surface area contributed by atoms with Crippen LogP contribution < -0.4 is 19.7 Å². The number of hydrogen-bond donors (Lipinski definition) is 2. The van der Waals surface area contributed by atoms with Crippen LogP contribution in [0.1, 0.15) is 12.0 Å². The number of nitrogens with zero attached hydrogens (tertiary/aromatic N) is 1. The molecule has 30 heavy (non-hydrogen) atoms. The van der Waals surface area contributed by atoms with Crippen molar-refractivity contribution in [2.45, 2.75) is 18.2 Å². The van der Waals surface area contributed by atoms with Crippen LogP contribution in [0.4, 0.5) is 5.69 Å². The third-order valence-electron chi connectivity index (χ3n) is 4.93. The highest BCUT2D eigenvalue weighted by atomic mass is 32.2. The van der Waals surface area contributed by atoms with Crippen LogP contribution in [-0.4, -0.2) is 47.0 Å². The van der Waals surface area contributed by atoms with Crippen molar-refractivity contribution in [3.63, 3.8) is 0 Å². The van der Waals surface area contributed by atoms with E-state index in [9.17, 15) is 18.0 Å². The third-order valence-corrected chi connectivity index (χ3v) is 6.40. The van der Waals surface area contributed by atoms with Crippen molar-refractivity contribution in [1.29, 1.82) is 0 Å². The molecule has 8 nitrogen and oxygen atoms in total. The van der Waals surface area contributed by atoms with Crippen molar-refractivity contribution < 1.29 is 22.7 Å². The number of rotatable bonds is 8. The number of amides is 2. The van der Waals surface area contributed by atoms with E-state index >= 15 is 0 Å². The van der Waals surface area contributed by atoms with Gasteiger partial charge in [-0.05, 0) is 43.3 Å². The van der Waals surface area contributed by atoms with E-state index in [2.05, 4.69) is 10.0 Å². The van der Waals surface area contributed by atoms with Crippen LogP contribution >= 0.6 is 0 Å². The fourth-order valence-corrected chi connectivity index (χ4v) is 4.24. The lowest BCUT2D eigenvalue weighted by molar-refractivity contribution is -0.126. The van der Waals surface area contributed by atoms with E-state index < -0.39 is 15.9 Å². The first-order chi connectivity index (χ1) is 14.3. The monoisotopic (exact) mass is 431 g/mol. The number of ether oxygens (including phenoxy) is 1. The van der Waals surface area contributed by atoms with E-state index in [1.165, 1.54) is 19.2 Å². The van der Waals surface area contributed by atoms with Crippen molar-refractivity contribution >= 4 is 27.5 Å². The minimum atomic E-state index is -3.68. The van der Waals surface area contributed by atoms with Crippen molar-refractivity contribution in [2.24, 2.45) is 5.92 Å². The van der Waals surface area contributed by atoms with Crippen molar-refractivity contribution in [1.82, 2.24) is 10.0 Å². The SMILES string of the molecule is COc1ccc(S(=O)(=O)NCCNC(=O)C2CC(=O)N(c3ccc(C)cc3)C2)cc1. The highest BCUT2D eigenvalue weighted by molar-refractivity contribution is 7.89. The first-order valence-electron chi connectivity index (χ1n) is 9.58. The summed E-state index contributed by atoms with van der Waals surface area (Å²) in [7, 11) is -2.18. The molecular formula is C21H25N3O5S. The second-order valence-corrected chi connectivity index (χ2v) is 8.87. The topological polar surface area (TPSA) is 105 Å². The number of carbonyl (C=O) groups excluding carboxylic acids is 2. The molecule has 1 aliphatic heterocycles. The minimum Gasteiger partial charge on any atom is -0.497 e. The summed E-state index contributed by atoms with van der Waals surface area (Å²) >= 11 is 0. The Labute approximate surface area is 176 Å². The lowest BCUT2D eigenvalue weighted by Crippen LogP contribution is -2.38. The van der Waals surface area contributed by atoms with Gasteiger partial charge in [-0.2, -0.15) is 0 Å². The van der Waals surface area contributed by atoms with Crippen molar-refractivity contribution in [3.05, 3.63) is 54.1 Å². The highest BCUT2D eigenvalue weighted by Gasteiger charge is 2.34. The van der Waals surface area contributed by atoms with E-state index in [1.54, 1.807) is 17.0 Å². The fourth-order valence-electron chi connectivity index (χ4n) is 3.21. The Morgan fingerprint density at radius 3 is 2.40 bits per heavy atom. The van der Waals surface area contributed by atoms with Crippen LogP contribution in [0.25, 0.3) is 0 Å². The molecule has 2 N–H and O–H groups in total. The molecule has 1 unspecified atom stereocenters. The number of methoxy groups -OCH3 is 1. The number of benzene rings is 2. The minimum absolute atomic E-state index is 0.0441. The van der Waals surface area contributed by atoms with E-state index in [0.29, 0.717) is 12.3 Å². The molecule has 0 aromatic heterocycles. The molecule has 0 aliphatic carbocycles. The first kappa shape index (κ1) is 21.8. The van der Waals surface area contributed by atoms with Gasteiger partial charge in [0.05, 0.1) is 17.9 Å². The zero-order valence-electron chi connectivity index (χ0n) is 16.9. The Morgan fingerprint density at radius 1 is 1.10 bits per heavy atom. The fraction of sp³-hybridized carbons (Fsp3) is 0.333. The molecule has 160 valence electrons. The van der Waals surface area contributed by atoms with Crippen LogP contribution in [0, 0.1) is 12.8 Å². The van der Waals surface area contributed by atoms with Gasteiger partial charge in [0, 0.05) is 31.7 Å². The van der Waals surface area contributed by atoms with E-state index in [-0.39, 0.29) is 36.2 Å². The molecule has 0 radical (unpaired) electrons. The molecule has 0 saturated carbocycles. The van der Waals surface area contributed by atoms with Gasteiger partial charge in [0.25, 0.3) is 0 Å². The predicted octanol–water partition coefficient (Wildman–Crippen LogP) is 1.45. The first-order valence-corrected chi connectivity index (χ1v) is 11.1. The second-order valence-electron chi connectivity index (χ2n) is 7.11. The molecule has 0 spiro atoms. The zero-order chi connectivity index (χ0) is 21.7. The van der Waals surface area contributed by atoms with Crippen LogP contribution in [0.2, 0.25) is 0 Å². The van der Waals surface area contributed by atoms with E-state index in [0.717, 1.165) is 11.3 Å². The maximum absolute atomic E-state index is 12.4. The van der Waals surface area contributed by atoms with Gasteiger partial charge in [-0.3, -0.25) is 9.59 Å². The highest BCUT2D eigenvalue weighted by Crippen LogP contribution is 2.25. The Bertz CT molecular complexity index is 1000. The molecule has 1 heterocycles. The Balaban J connectivity index is 1.47. The van der Waals surface area contributed by atoms with Gasteiger partial charge in [0.1, 0.15) is 5.75 Å². The molecule has 1 saturated heterocycles. The maximum Gasteiger partial charge on any atom is 0.240 e. The predicted molar refractivity (Wildman–Crippen MR) is 113 cm³/mol. The maximum atomic E-state index is 12.4. The summed E-state index contributed by atoms with van der Waals surface area (Å²) in [5, 5.41) is 2.70. The van der Waals surface area contributed by atoms with E-state index in [4.69, 9.17) is 4.74 Å². The van der Waals surface area contributed by atoms with Crippen LogP contribution in [0.3, 0.4) is 0 Å². The molecule has 2 aromatic rings. The summed E-state index contributed by atoms with van der Waals surface area (Å²) in [4.78, 5) is 26.4. The molecule has 0 bridgehead atoms. The van der Waals surface area contributed by atoms with Crippen LogP contribution in [0.15, 0.2) is 53.4 Å². The number of aryl methyl sites for hydroxylation is 1. The van der Waals surface area contributed by atoms with Gasteiger partial charge < -0.3 is 15.0 Å². The summed E-state index contributed by atoms with van der Waals surface area (Å²) in [6.45, 7) is 2.45. The number of anilines is 1. The Kier molecular flexibility index (Phi) is 6.73. The van der Waals surface area contributed by atoms with Crippen LogP contribution in [-0.2, 0) is 19.6 Å².